The van der Waals surface area contributed by atoms with Crippen LogP contribution in [0.1, 0.15) is 30.5 Å². The van der Waals surface area contributed by atoms with Gasteiger partial charge in [-0.2, -0.15) is 13.2 Å². The number of hydrogen-bond donors (Lipinski definition) is 1. The molecule has 0 amide bonds. The number of alkyl halides is 3. The average Bonchev–Trinajstić information content (AvgIpc) is 3.09. The Bertz CT molecular complexity index is 1120. The van der Waals surface area contributed by atoms with E-state index in [4.69, 9.17) is 5.11 Å². The molecule has 1 N–H and O–H groups in total. The molecule has 1 saturated heterocycles. The molecule has 2 aromatic carbocycles. The summed E-state index contributed by atoms with van der Waals surface area (Å²) in [5, 5.41) is 9.76. The molecule has 5 nitrogen and oxygen atoms in total. The molecule has 32 heavy (non-hydrogen) atoms. The summed E-state index contributed by atoms with van der Waals surface area (Å²) in [5.41, 5.74) is 1.77. The topological polar surface area (TPSA) is 56.7 Å². The van der Waals surface area contributed by atoms with Crippen LogP contribution >= 0.6 is 11.3 Å². The van der Waals surface area contributed by atoms with Gasteiger partial charge >= 0.3 is 12.1 Å². The highest BCUT2D eigenvalue weighted by atomic mass is 32.1. The Morgan fingerprint density at radius 3 is 2.47 bits per heavy atom. The van der Waals surface area contributed by atoms with E-state index in [1.807, 2.05) is 24.3 Å². The normalized spacial score (nSPS) is 20.1. The van der Waals surface area contributed by atoms with Gasteiger partial charge < -0.3 is 10.0 Å². The maximum absolute atomic E-state index is 13.0. The first kappa shape index (κ1) is 22.5. The van der Waals surface area contributed by atoms with Crippen molar-refractivity contribution in [2.45, 2.75) is 45.1 Å². The quantitative estimate of drug-likeness (QED) is 0.575. The molecule has 1 aliphatic rings. The second-order valence-corrected chi connectivity index (χ2v) is 9.38. The van der Waals surface area contributed by atoms with Crippen molar-refractivity contribution < 1.29 is 23.1 Å². The third-order valence-electron chi connectivity index (χ3n) is 5.67. The minimum Gasteiger partial charge on any atom is -0.481 e. The van der Waals surface area contributed by atoms with Crippen molar-refractivity contribution >= 4 is 32.7 Å². The number of thiazole rings is 1. The van der Waals surface area contributed by atoms with Gasteiger partial charge in [-0.25, -0.2) is 4.98 Å². The summed E-state index contributed by atoms with van der Waals surface area (Å²) in [7, 11) is 0. The van der Waals surface area contributed by atoms with Crippen LogP contribution < -0.4 is 4.90 Å². The van der Waals surface area contributed by atoms with Crippen molar-refractivity contribution in [3.05, 3.63) is 59.2 Å². The molecule has 0 bridgehead atoms. The zero-order valence-corrected chi connectivity index (χ0v) is 18.6. The van der Waals surface area contributed by atoms with E-state index in [-0.39, 0.29) is 18.5 Å². The molecule has 2 atom stereocenters. The average molecular weight is 464 g/mol. The first-order chi connectivity index (χ1) is 15.1. The van der Waals surface area contributed by atoms with Crippen LogP contribution in [-0.4, -0.2) is 46.1 Å². The summed E-state index contributed by atoms with van der Waals surface area (Å²) in [5.74, 6) is -0.851. The van der Waals surface area contributed by atoms with Crippen LogP contribution in [0.15, 0.2) is 42.5 Å². The highest BCUT2D eigenvalue weighted by Crippen LogP contribution is 2.37. The first-order valence-electron chi connectivity index (χ1n) is 10.4. The van der Waals surface area contributed by atoms with Crippen molar-refractivity contribution in [3.8, 4) is 0 Å². The van der Waals surface area contributed by atoms with E-state index in [0.29, 0.717) is 16.8 Å². The van der Waals surface area contributed by atoms with E-state index in [2.05, 4.69) is 28.6 Å². The Morgan fingerprint density at radius 1 is 1.12 bits per heavy atom. The maximum atomic E-state index is 13.0. The summed E-state index contributed by atoms with van der Waals surface area (Å²) in [6.07, 6.45) is -4.37. The zero-order valence-electron chi connectivity index (χ0n) is 17.8. The largest absolute Gasteiger partial charge is 0.481 e. The molecule has 1 fully saturated rings. The van der Waals surface area contributed by atoms with Crippen molar-refractivity contribution in [2.24, 2.45) is 0 Å². The first-order valence-corrected chi connectivity index (χ1v) is 11.2. The monoisotopic (exact) mass is 463 g/mol. The summed E-state index contributed by atoms with van der Waals surface area (Å²) < 4.78 is 39.7. The maximum Gasteiger partial charge on any atom is 0.416 e. The van der Waals surface area contributed by atoms with Gasteiger partial charge in [0.25, 0.3) is 0 Å². The van der Waals surface area contributed by atoms with Crippen LogP contribution in [0, 0.1) is 0 Å². The standard InChI is InChI=1S/C23H24F3N3O2S/c1-14-11-28(13-17-5-3-4-16(8-17)9-21(30)31)12-15(2)29(14)22-27-19-7-6-18(23(24,25)26)10-20(19)32-22/h3-8,10,14-15H,9,11-13H2,1-2H3,(H,30,31)/t14-,15+. The number of benzene rings is 2. The van der Waals surface area contributed by atoms with Gasteiger partial charge in [-0.15, -0.1) is 0 Å². The number of carboxylic acids is 1. The third kappa shape index (κ3) is 4.88. The predicted molar refractivity (Wildman–Crippen MR) is 119 cm³/mol. The Hall–Kier alpha value is -2.65. The van der Waals surface area contributed by atoms with E-state index in [9.17, 15) is 18.0 Å². The molecule has 0 aliphatic carbocycles. The second-order valence-electron chi connectivity index (χ2n) is 8.37. The number of rotatable bonds is 5. The third-order valence-corrected chi connectivity index (χ3v) is 6.70. The lowest BCUT2D eigenvalue weighted by Crippen LogP contribution is -2.56. The molecule has 3 aromatic rings. The van der Waals surface area contributed by atoms with Crippen LogP contribution in [0.5, 0.6) is 0 Å². The lowest BCUT2D eigenvalue weighted by molar-refractivity contribution is -0.138. The van der Waals surface area contributed by atoms with Gasteiger partial charge in [0.2, 0.25) is 0 Å². The number of halogens is 3. The zero-order chi connectivity index (χ0) is 23.0. The van der Waals surface area contributed by atoms with E-state index in [1.54, 1.807) is 0 Å². The summed E-state index contributed by atoms with van der Waals surface area (Å²) in [4.78, 5) is 20.1. The Labute approximate surface area is 188 Å². The fraction of sp³-hybridized carbons (Fsp3) is 0.391. The SMILES string of the molecule is C[C@@H]1CN(Cc2cccc(CC(=O)O)c2)C[C@H](C)N1c1nc2ccc(C(F)(F)F)cc2s1. The van der Waals surface area contributed by atoms with Gasteiger partial charge in [0.05, 0.1) is 22.2 Å². The minimum absolute atomic E-state index is 0.00207. The van der Waals surface area contributed by atoms with Gasteiger partial charge in [-0.1, -0.05) is 35.6 Å². The summed E-state index contributed by atoms with van der Waals surface area (Å²) in [6.45, 7) is 6.45. The highest BCUT2D eigenvalue weighted by Gasteiger charge is 2.33. The molecule has 4 rings (SSSR count). The van der Waals surface area contributed by atoms with Crippen molar-refractivity contribution in [3.63, 3.8) is 0 Å². The summed E-state index contributed by atoms with van der Waals surface area (Å²) >= 11 is 1.30. The number of aromatic nitrogens is 1. The van der Waals surface area contributed by atoms with Gasteiger partial charge in [-0.3, -0.25) is 9.69 Å². The number of aliphatic carboxylic acids is 1. The Morgan fingerprint density at radius 2 is 1.81 bits per heavy atom. The number of carboxylic acid groups (broad SMARTS) is 1. The Balaban J connectivity index is 1.49. The lowest BCUT2D eigenvalue weighted by atomic mass is 10.1. The van der Waals surface area contributed by atoms with Crippen LogP contribution in [0.4, 0.5) is 18.3 Å². The van der Waals surface area contributed by atoms with Gasteiger partial charge in [0.1, 0.15) is 0 Å². The van der Waals surface area contributed by atoms with Crippen LogP contribution in [0.2, 0.25) is 0 Å². The molecule has 1 aromatic heterocycles. The molecule has 0 unspecified atom stereocenters. The minimum atomic E-state index is -4.37. The summed E-state index contributed by atoms with van der Waals surface area (Å²) in [6, 6.07) is 11.6. The van der Waals surface area contributed by atoms with Crippen molar-refractivity contribution in [2.75, 3.05) is 18.0 Å². The number of fused-ring (bicyclic) bond motifs is 1. The molecule has 1 aliphatic heterocycles. The van der Waals surface area contributed by atoms with E-state index >= 15 is 0 Å². The molecule has 0 radical (unpaired) electrons. The van der Waals surface area contributed by atoms with Crippen LogP contribution in [-0.2, 0) is 23.9 Å². The number of carbonyl (C=O) groups is 1. The fourth-order valence-electron chi connectivity index (χ4n) is 4.41. The molecule has 9 heteroatoms. The predicted octanol–water partition coefficient (Wildman–Crippen LogP) is 5.04. The van der Waals surface area contributed by atoms with Gasteiger partial charge in [0, 0.05) is 31.7 Å². The number of hydrogen-bond acceptors (Lipinski definition) is 5. The van der Waals surface area contributed by atoms with Gasteiger partial charge in [0.15, 0.2) is 5.13 Å². The van der Waals surface area contributed by atoms with E-state index in [0.717, 1.165) is 35.4 Å². The number of nitrogens with zero attached hydrogens (tertiary/aromatic N) is 3. The molecule has 0 spiro atoms. The number of anilines is 1. The molecule has 2 heterocycles. The van der Waals surface area contributed by atoms with E-state index in [1.165, 1.54) is 23.5 Å². The fourth-order valence-corrected chi connectivity index (χ4v) is 5.62. The highest BCUT2D eigenvalue weighted by molar-refractivity contribution is 7.22. The smallest absolute Gasteiger partial charge is 0.416 e. The molecular formula is C23H24F3N3O2S. The van der Waals surface area contributed by atoms with Crippen LogP contribution in [0.25, 0.3) is 10.2 Å². The lowest BCUT2D eigenvalue weighted by Gasteiger charge is -2.44. The van der Waals surface area contributed by atoms with Crippen LogP contribution in [0.3, 0.4) is 0 Å². The van der Waals surface area contributed by atoms with Crippen molar-refractivity contribution in [1.82, 2.24) is 9.88 Å². The molecule has 170 valence electrons. The molecular weight excluding hydrogens is 439 g/mol. The van der Waals surface area contributed by atoms with Gasteiger partial charge in [-0.05, 0) is 43.2 Å². The Kier molecular flexibility index (Phi) is 6.13. The van der Waals surface area contributed by atoms with Crippen molar-refractivity contribution in [1.29, 1.82) is 0 Å². The molecule has 0 saturated carbocycles. The number of piperazine rings is 1. The van der Waals surface area contributed by atoms with E-state index < -0.39 is 17.7 Å². The second kappa shape index (κ2) is 8.71.